The second-order valence-electron chi connectivity index (χ2n) is 5.80. The molecule has 1 aromatic carbocycles. The molecular weight excluding hydrogens is 284 g/mol. The van der Waals surface area contributed by atoms with E-state index in [9.17, 15) is 17.6 Å². The zero-order valence-corrected chi connectivity index (χ0v) is 12.0. The lowest BCUT2D eigenvalue weighted by Crippen LogP contribution is -2.43. The smallest absolute Gasteiger partial charge is 0.330 e. The number of nitrogens with two attached hydrogens (primary N) is 1. The van der Waals surface area contributed by atoms with Gasteiger partial charge < -0.3 is 5.73 Å². The summed E-state index contributed by atoms with van der Waals surface area (Å²) in [5.41, 5.74) is 5.09. The summed E-state index contributed by atoms with van der Waals surface area (Å²) in [6, 6.07) is 3.01. The Morgan fingerprint density at radius 1 is 1.24 bits per heavy atom. The molecule has 0 amide bonds. The maximum atomic E-state index is 13.4. The monoisotopic (exact) mass is 304 g/mol. The molecule has 2 nitrogen and oxygen atoms in total. The number of likely N-dealkylation sites (tertiary alicyclic amines) is 1. The molecule has 1 heterocycles. The Morgan fingerprint density at radius 3 is 2.57 bits per heavy atom. The number of rotatable bonds is 3. The fourth-order valence-corrected chi connectivity index (χ4v) is 2.81. The Labute approximate surface area is 121 Å². The quantitative estimate of drug-likeness (QED) is 0.867. The normalized spacial score (nSPS) is 24.3. The SMILES string of the molecule is CC1CCC(CN)CN1Cc1cc(F)cc(C(F)(F)F)c1. The topological polar surface area (TPSA) is 29.3 Å². The van der Waals surface area contributed by atoms with Crippen LogP contribution in [0.5, 0.6) is 0 Å². The van der Waals surface area contributed by atoms with Crippen molar-refractivity contribution in [1.29, 1.82) is 0 Å². The molecule has 1 fully saturated rings. The zero-order chi connectivity index (χ0) is 15.6. The van der Waals surface area contributed by atoms with E-state index in [-0.39, 0.29) is 6.04 Å². The summed E-state index contributed by atoms with van der Waals surface area (Å²) in [6.45, 7) is 3.67. The first kappa shape index (κ1) is 16.2. The van der Waals surface area contributed by atoms with Gasteiger partial charge in [0.2, 0.25) is 0 Å². The van der Waals surface area contributed by atoms with Crippen LogP contribution in [0.15, 0.2) is 18.2 Å². The molecule has 0 radical (unpaired) electrons. The van der Waals surface area contributed by atoms with E-state index in [0.717, 1.165) is 25.5 Å². The standard InChI is InChI=1S/C15H20F4N2/c1-10-2-3-11(7-20)8-21(10)9-12-4-13(15(17,18)19)6-14(16)5-12/h4-6,10-11H,2-3,7-9,20H2,1H3. The van der Waals surface area contributed by atoms with Crippen LogP contribution in [-0.4, -0.2) is 24.0 Å². The summed E-state index contributed by atoms with van der Waals surface area (Å²) < 4.78 is 51.6. The summed E-state index contributed by atoms with van der Waals surface area (Å²) in [5, 5.41) is 0. The van der Waals surface area contributed by atoms with Gasteiger partial charge in [0.1, 0.15) is 5.82 Å². The molecule has 21 heavy (non-hydrogen) atoms. The van der Waals surface area contributed by atoms with Crippen LogP contribution in [0.3, 0.4) is 0 Å². The number of alkyl halides is 3. The van der Waals surface area contributed by atoms with E-state index in [2.05, 4.69) is 4.90 Å². The van der Waals surface area contributed by atoms with Gasteiger partial charge in [0.15, 0.2) is 0 Å². The van der Waals surface area contributed by atoms with Gasteiger partial charge in [-0.3, -0.25) is 4.90 Å². The molecule has 118 valence electrons. The first-order valence-electron chi connectivity index (χ1n) is 7.10. The summed E-state index contributed by atoms with van der Waals surface area (Å²) in [5.74, 6) is -0.489. The van der Waals surface area contributed by atoms with Crippen LogP contribution in [0.2, 0.25) is 0 Å². The van der Waals surface area contributed by atoms with E-state index in [4.69, 9.17) is 5.73 Å². The molecule has 0 aliphatic carbocycles. The van der Waals surface area contributed by atoms with Crippen molar-refractivity contribution in [3.05, 3.63) is 35.1 Å². The lowest BCUT2D eigenvalue weighted by atomic mass is 9.93. The van der Waals surface area contributed by atoms with Crippen LogP contribution in [0.1, 0.15) is 30.9 Å². The van der Waals surface area contributed by atoms with Crippen molar-refractivity contribution in [2.45, 2.75) is 38.5 Å². The van der Waals surface area contributed by atoms with Gasteiger partial charge in [-0.1, -0.05) is 0 Å². The van der Waals surface area contributed by atoms with Crippen molar-refractivity contribution in [1.82, 2.24) is 4.90 Å². The Balaban J connectivity index is 2.16. The maximum absolute atomic E-state index is 13.4. The minimum Gasteiger partial charge on any atom is -0.330 e. The zero-order valence-electron chi connectivity index (χ0n) is 12.0. The Kier molecular flexibility index (Phi) is 4.88. The van der Waals surface area contributed by atoms with Gasteiger partial charge in [-0.05, 0) is 56.0 Å². The van der Waals surface area contributed by atoms with Crippen molar-refractivity contribution in [2.75, 3.05) is 13.1 Å². The van der Waals surface area contributed by atoms with Gasteiger partial charge in [0.25, 0.3) is 0 Å². The Morgan fingerprint density at radius 2 is 1.95 bits per heavy atom. The highest BCUT2D eigenvalue weighted by atomic mass is 19.4. The highest BCUT2D eigenvalue weighted by Gasteiger charge is 2.32. The molecule has 0 spiro atoms. The van der Waals surface area contributed by atoms with Crippen molar-refractivity contribution < 1.29 is 17.6 Å². The van der Waals surface area contributed by atoms with Gasteiger partial charge >= 0.3 is 6.18 Å². The molecule has 6 heteroatoms. The van der Waals surface area contributed by atoms with Crippen molar-refractivity contribution in [3.8, 4) is 0 Å². The average molecular weight is 304 g/mol. The van der Waals surface area contributed by atoms with Gasteiger partial charge in [-0.25, -0.2) is 4.39 Å². The molecule has 2 unspecified atom stereocenters. The lowest BCUT2D eigenvalue weighted by Gasteiger charge is -2.37. The molecule has 0 aromatic heterocycles. The Bertz CT molecular complexity index is 487. The third-order valence-electron chi connectivity index (χ3n) is 4.11. The fourth-order valence-electron chi connectivity index (χ4n) is 2.81. The highest BCUT2D eigenvalue weighted by Crippen LogP contribution is 2.31. The van der Waals surface area contributed by atoms with E-state index in [0.29, 0.717) is 30.6 Å². The first-order valence-corrected chi connectivity index (χ1v) is 7.10. The van der Waals surface area contributed by atoms with Crippen LogP contribution >= 0.6 is 0 Å². The largest absolute Gasteiger partial charge is 0.416 e. The van der Waals surface area contributed by atoms with Crippen LogP contribution in [-0.2, 0) is 12.7 Å². The molecule has 1 aliphatic heterocycles. The van der Waals surface area contributed by atoms with E-state index in [1.54, 1.807) is 0 Å². The maximum Gasteiger partial charge on any atom is 0.416 e. The van der Waals surface area contributed by atoms with Crippen LogP contribution in [0.25, 0.3) is 0 Å². The van der Waals surface area contributed by atoms with Crippen LogP contribution < -0.4 is 5.73 Å². The van der Waals surface area contributed by atoms with Crippen molar-refractivity contribution >= 4 is 0 Å². The number of benzene rings is 1. The lowest BCUT2D eigenvalue weighted by molar-refractivity contribution is -0.137. The van der Waals surface area contributed by atoms with Gasteiger partial charge in [-0.15, -0.1) is 0 Å². The second-order valence-corrected chi connectivity index (χ2v) is 5.80. The van der Waals surface area contributed by atoms with E-state index in [1.165, 1.54) is 6.07 Å². The van der Waals surface area contributed by atoms with E-state index < -0.39 is 17.6 Å². The fraction of sp³-hybridized carbons (Fsp3) is 0.600. The Hall–Kier alpha value is -1.14. The summed E-state index contributed by atoms with van der Waals surface area (Å²) in [4.78, 5) is 2.08. The minimum absolute atomic E-state index is 0.269. The number of nitrogens with zero attached hydrogens (tertiary/aromatic N) is 1. The molecule has 0 bridgehead atoms. The summed E-state index contributed by atoms with van der Waals surface area (Å²) >= 11 is 0. The van der Waals surface area contributed by atoms with Crippen LogP contribution in [0.4, 0.5) is 17.6 Å². The number of halogens is 4. The van der Waals surface area contributed by atoms with Gasteiger partial charge in [0, 0.05) is 19.1 Å². The highest BCUT2D eigenvalue weighted by molar-refractivity contribution is 5.27. The number of hydrogen-bond donors (Lipinski definition) is 1. The predicted octanol–water partition coefficient (Wildman–Crippen LogP) is 3.40. The second kappa shape index (κ2) is 6.32. The van der Waals surface area contributed by atoms with Crippen molar-refractivity contribution in [2.24, 2.45) is 11.7 Å². The molecule has 2 N–H and O–H groups in total. The average Bonchev–Trinajstić information content (AvgIpc) is 2.39. The molecule has 1 aromatic rings. The molecular formula is C15H20F4N2. The molecule has 0 saturated carbocycles. The minimum atomic E-state index is -4.52. The summed E-state index contributed by atoms with van der Waals surface area (Å²) in [6.07, 6.45) is -2.53. The van der Waals surface area contributed by atoms with Gasteiger partial charge in [-0.2, -0.15) is 13.2 Å². The third kappa shape index (κ3) is 4.17. The van der Waals surface area contributed by atoms with E-state index >= 15 is 0 Å². The number of hydrogen-bond acceptors (Lipinski definition) is 2. The summed E-state index contributed by atoms with van der Waals surface area (Å²) in [7, 11) is 0. The molecule has 2 rings (SSSR count). The molecule has 2 atom stereocenters. The number of piperidine rings is 1. The van der Waals surface area contributed by atoms with Crippen LogP contribution in [0, 0.1) is 11.7 Å². The van der Waals surface area contributed by atoms with Gasteiger partial charge in [0.05, 0.1) is 5.56 Å². The van der Waals surface area contributed by atoms with Crippen molar-refractivity contribution in [3.63, 3.8) is 0 Å². The predicted molar refractivity (Wildman–Crippen MR) is 73.1 cm³/mol. The molecule has 1 aliphatic rings. The van der Waals surface area contributed by atoms with E-state index in [1.807, 2.05) is 6.92 Å². The third-order valence-corrected chi connectivity index (χ3v) is 4.11. The molecule has 1 saturated heterocycles. The first-order chi connectivity index (χ1) is 9.79.